The van der Waals surface area contributed by atoms with Crippen molar-refractivity contribution in [2.24, 2.45) is 5.92 Å². The number of benzene rings is 1. The average Bonchev–Trinajstić information content (AvgIpc) is 2.46. The van der Waals surface area contributed by atoms with Crippen LogP contribution in [0.25, 0.3) is 0 Å². The summed E-state index contributed by atoms with van der Waals surface area (Å²) in [7, 11) is -3.34. The van der Waals surface area contributed by atoms with Gasteiger partial charge in [0, 0.05) is 13.1 Å². The third-order valence-electron chi connectivity index (χ3n) is 3.59. The number of hydrogen-bond acceptors (Lipinski definition) is 3. The van der Waals surface area contributed by atoms with Crippen LogP contribution in [0, 0.1) is 5.92 Å². The van der Waals surface area contributed by atoms with Crippen LogP contribution in [0.4, 0.5) is 0 Å². The maximum Gasteiger partial charge on any atom is 0.243 e. The summed E-state index contributed by atoms with van der Waals surface area (Å²) in [6, 6.07) is 8.69. The van der Waals surface area contributed by atoms with Crippen LogP contribution in [0.2, 0.25) is 0 Å². The van der Waals surface area contributed by atoms with Gasteiger partial charge in [-0.1, -0.05) is 25.1 Å². The normalized spacial score (nSPS) is 20.6. The molecule has 19 heavy (non-hydrogen) atoms. The molecule has 0 radical (unpaired) electrons. The first-order valence-corrected chi connectivity index (χ1v) is 8.34. The second-order valence-electron chi connectivity index (χ2n) is 4.98. The van der Waals surface area contributed by atoms with Gasteiger partial charge in [0.15, 0.2) is 0 Å². The van der Waals surface area contributed by atoms with E-state index in [-0.39, 0.29) is 0 Å². The predicted molar refractivity (Wildman–Crippen MR) is 76.5 cm³/mol. The summed E-state index contributed by atoms with van der Waals surface area (Å²) in [6.07, 6.45) is 2.24. The Morgan fingerprint density at radius 2 is 2.05 bits per heavy atom. The fraction of sp³-hybridized carbons (Fsp3) is 0.571. The second kappa shape index (κ2) is 6.50. The molecule has 1 saturated heterocycles. The van der Waals surface area contributed by atoms with Gasteiger partial charge in [-0.2, -0.15) is 4.31 Å². The Morgan fingerprint density at radius 3 is 2.63 bits per heavy atom. The topological polar surface area (TPSA) is 49.4 Å². The summed E-state index contributed by atoms with van der Waals surface area (Å²) in [6.45, 7) is 5.00. The van der Waals surface area contributed by atoms with Crippen LogP contribution in [0.5, 0.6) is 0 Å². The van der Waals surface area contributed by atoms with Crippen molar-refractivity contribution in [1.29, 1.82) is 0 Å². The Kier molecular flexibility index (Phi) is 4.96. The Morgan fingerprint density at radius 1 is 1.32 bits per heavy atom. The molecule has 1 fully saturated rings. The molecule has 0 saturated carbocycles. The third kappa shape index (κ3) is 3.55. The van der Waals surface area contributed by atoms with Gasteiger partial charge in [-0.05, 0) is 44.0 Å². The Labute approximate surface area is 115 Å². The zero-order chi connectivity index (χ0) is 13.7. The lowest BCUT2D eigenvalue weighted by molar-refractivity contribution is 0.298. The summed E-state index contributed by atoms with van der Waals surface area (Å²) in [5.74, 6) is 0.423. The monoisotopic (exact) mass is 282 g/mol. The fourth-order valence-corrected chi connectivity index (χ4v) is 4.05. The molecule has 5 heteroatoms. The van der Waals surface area contributed by atoms with Crippen LogP contribution in [0.15, 0.2) is 35.2 Å². The van der Waals surface area contributed by atoms with E-state index < -0.39 is 10.0 Å². The molecule has 1 aromatic carbocycles. The van der Waals surface area contributed by atoms with E-state index >= 15 is 0 Å². The van der Waals surface area contributed by atoms with Crippen LogP contribution in [0.1, 0.15) is 19.8 Å². The predicted octanol–water partition coefficient (Wildman–Crippen LogP) is 1.70. The summed E-state index contributed by atoms with van der Waals surface area (Å²) in [4.78, 5) is 0.389. The minimum absolute atomic E-state index is 0.389. The highest BCUT2D eigenvalue weighted by Gasteiger charge is 2.26. The molecule has 0 aromatic heterocycles. The molecular weight excluding hydrogens is 260 g/mol. The summed E-state index contributed by atoms with van der Waals surface area (Å²) in [5, 5.41) is 3.33. The van der Waals surface area contributed by atoms with E-state index in [2.05, 4.69) is 5.32 Å². The highest BCUT2D eigenvalue weighted by molar-refractivity contribution is 7.89. The quantitative estimate of drug-likeness (QED) is 0.894. The first-order chi connectivity index (χ1) is 9.14. The lowest BCUT2D eigenvalue weighted by atomic mass is 10.00. The van der Waals surface area contributed by atoms with E-state index in [9.17, 15) is 8.42 Å². The summed E-state index contributed by atoms with van der Waals surface area (Å²) >= 11 is 0. The van der Waals surface area contributed by atoms with E-state index in [0.717, 1.165) is 25.9 Å². The molecule has 1 aliphatic rings. The number of nitrogens with one attached hydrogen (secondary N) is 1. The molecule has 1 aliphatic heterocycles. The van der Waals surface area contributed by atoms with Crippen molar-refractivity contribution >= 4 is 10.0 Å². The smallest absolute Gasteiger partial charge is 0.243 e. The van der Waals surface area contributed by atoms with E-state index in [1.165, 1.54) is 0 Å². The van der Waals surface area contributed by atoms with Crippen molar-refractivity contribution in [3.8, 4) is 0 Å². The van der Waals surface area contributed by atoms with Crippen LogP contribution in [0.3, 0.4) is 0 Å². The van der Waals surface area contributed by atoms with Crippen LogP contribution >= 0.6 is 0 Å². The molecule has 1 aromatic rings. The van der Waals surface area contributed by atoms with E-state index in [0.29, 0.717) is 23.9 Å². The molecular formula is C14H22N2O2S. The summed E-state index contributed by atoms with van der Waals surface area (Å²) in [5.41, 5.74) is 0. The zero-order valence-electron chi connectivity index (χ0n) is 11.4. The molecule has 2 rings (SSSR count). The number of piperidine rings is 1. The van der Waals surface area contributed by atoms with E-state index in [1.54, 1.807) is 28.6 Å². The Balaban J connectivity index is 2.12. The lowest BCUT2D eigenvalue weighted by Gasteiger charge is -2.28. The molecule has 0 spiro atoms. The van der Waals surface area contributed by atoms with Crippen molar-refractivity contribution in [3.63, 3.8) is 0 Å². The highest BCUT2D eigenvalue weighted by atomic mass is 32.2. The molecule has 1 N–H and O–H groups in total. The number of hydrogen-bond donors (Lipinski definition) is 1. The lowest BCUT2D eigenvalue weighted by Crippen LogP contribution is -2.40. The first-order valence-electron chi connectivity index (χ1n) is 6.90. The largest absolute Gasteiger partial charge is 0.316 e. The Bertz CT molecular complexity index is 481. The zero-order valence-corrected chi connectivity index (χ0v) is 12.2. The van der Waals surface area contributed by atoms with Gasteiger partial charge in [-0.15, -0.1) is 0 Å². The van der Waals surface area contributed by atoms with Gasteiger partial charge >= 0.3 is 0 Å². The minimum atomic E-state index is -3.34. The third-order valence-corrected chi connectivity index (χ3v) is 5.55. The van der Waals surface area contributed by atoms with Crippen molar-refractivity contribution in [2.45, 2.75) is 24.7 Å². The average molecular weight is 282 g/mol. The SMILES string of the molecule is CCN(CC1CCCNC1)S(=O)(=O)c1ccccc1. The molecule has 1 atom stereocenters. The second-order valence-corrected chi connectivity index (χ2v) is 6.92. The van der Waals surface area contributed by atoms with Crippen molar-refractivity contribution in [2.75, 3.05) is 26.2 Å². The molecule has 0 amide bonds. The standard InChI is InChI=1S/C14H22N2O2S/c1-2-16(12-13-7-6-10-15-11-13)19(17,18)14-8-4-3-5-9-14/h3-5,8-9,13,15H,2,6-7,10-12H2,1H3. The summed E-state index contributed by atoms with van der Waals surface area (Å²) < 4.78 is 26.7. The molecule has 4 nitrogen and oxygen atoms in total. The molecule has 1 unspecified atom stereocenters. The van der Waals surface area contributed by atoms with Gasteiger partial charge in [0.05, 0.1) is 4.90 Å². The van der Waals surface area contributed by atoms with Crippen molar-refractivity contribution < 1.29 is 8.42 Å². The number of sulfonamides is 1. The van der Waals surface area contributed by atoms with Gasteiger partial charge in [0.25, 0.3) is 0 Å². The van der Waals surface area contributed by atoms with Crippen LogP contribution < -0.4 is 5.32 Å². The van der Waals surface area contributed by atoms with E-state index in [4.69, 9.17) is 0 Å². The van der Waals surface area contributed by atoms with Crippen LogP contribution in [-0.4, -0.2) is 38.9 Å². The van der Waals surface area contributed by atoms with Crippen molar-refractivity contribution in [3.05, 3.63) is 30.3 Å². The number of rotatable bonds is 5. The maximum absolute atomic E-state index is 12.5. The van der Waals surface area contributed by atoms with Crippen LogP contribution in [-0.2, 0) is 10.0 Å². The van der Waals surface area contributed by atoms with Gasteiger partial charge in [0.2, 0.25) is 10.0 Å². The number of nitrogens with zero attached hydrogens (tertiary/aromatic N) is 1. The molecule has 1 heterocycles. The van der Waals surface area contributed by atoms with Crippen molar-refractivity contribution in [1.82, 2.24) is 9.62 Å². The van der Waals surface area contributed by atoms with Gasteiger partial charge in [0.1, 0.15) is 0 Å². The maximum atomic E-state index is 12.5. The Hall–Kier alpha value is -0.910. The molecule has 106 valence electrons. The van der Waals surface area contributed by atoms with Gasteiger partial charge < -0.3 is 5.32 Å². The molecule has 0 aliphatic carbocycles. The van der Waals surface area contributed by atoms with Gasteiger partial charge in [-0.3, -0.25) is 0 Å². The van der Waals surface area contributed by atoms with Gasteiger partial charge in [-0.25, -0.2) is 8.42 Å². The highest BCUT2D eigenvalue weighted by Crippen LogP contribution is 2.19. The fourth-order valence-electron chi connectivity index (χ4n) is 2.51. The minimum Gasteiger partial charge on any atom is -0.316 e. The van der Waals surface area contributed by atoms with E-state index in [1.807, 2.05) is 13.0 Å². The first kappa shape index (κ1) is 14.5. The molecule has 0 bridgehead atoms.